The molecule has 0 bridgehead atoms. The molecule has 5 nitrogen and oxygen atoms in total. The zero-order valence-electron chi connectivity index (χ0n) is 19.5. The maximum absolute atomic E-state index is 15.1. The van der Waals surface area contributed by atoms with Crippen LogP contribution in [0.5, 0.6) is 5.75 Å². The smallest absolute Gasteiger partial charge is 0.433 e. The van der Waals surface area contributed by atoms with Crippen molar-refractivity contribution in [2.75, 3.05) is 10.6 Å². The lowest BCUT2D eigenvalue weighted by molar-refractivity contribution is -0.348. The van der Waals surface area contributed by atoms with Gasteiger partial charge < -0.3 is 15.4 Å². The van der Waals surface area contributed by atoms with E-state index in [2.05, 4.69) is 41.9 Å². The summed E-state index contributed by atoms with van der Waals surface area (Å²) in [6.45, 7) is -3.85. The summed E-state index contributed by atoms with van der Waals surface area (Å²) < 4.78 is 139. The van der Waals surface area contributed by atoms with Gasteiger partial charge in [0.1, 0.15) is 0 Å². The Morgan fingerprint density at radius 3 is 1.93 bits per heavy atom. The maximum atomic E-state index is 15.1. The first-order chi connectivity index (χ1) is 18.9. The van der Waals surface area contributed by atoms with E-state index in [1.54, 1.807) is 0 Å². The summed E-state index contributed by atoms with van der Waals surface area (Å²) in [5, 5.41) is 4.04. The van der Waals surface area contributed by atoms with E-state index in [0.29, 0.717) is 4.47 Å². The molecule has 41 heavy (non-hydrogen) atoms. The molecule has 0 spiro atoms. The summed E-state index contributed by atoms with van der Waals surface area (Å²) >= 11 is 5.69. The predicted molar refractivity (Wildman–Crippen MR) is 132 cm³/mol. The second-order valence-corrected chi connectivity index (χ2v) is 9.72. The molecule has 0 saturated carbocycles. The molecule has 17 heteroatoms. The number of alkyl halides is 9. The van der Waals surface area contributed by atoms with Gasteiger partial charge in [-0.05, 0) is 64.5 Å². The van der Waals surface area contributed by atoms with Crippen molar-refractivity contribution in [2.24, 2.45) is 0 Å². The highest BCUT2D eigenvalue weighted by Crippen LogP contribution is 2.55. The fourth-order valence-electron chi connectivity index (χ4n) is 3.36. The van der Waals surface area contributed by atoms with Gasteiger partial charge in [0.15, 0.2) is 11.6 Å². The lowest BCUT2D eigenvalue weighted by Gasteiger charge is -2.31. The normalized spacial score (nSPS) is 12.3. The van der Waals surface area contributed by atoms with Crippen LogP contribution in [0.4, 0.5) is 55.3 Å². The van der Waals surface area contributed by atoms with Crippen molar-refractivity contribution in [2.45, 2.75) is 24.6 Å². The SMILES string of the molecule is O=C(Nc1cccc(C(=O)Nc2c(Br)cc(C(F)(C(F)(F)F)C(F)(F)F)cc2OC(F)F)c1F)c1ccc(Br)cc1. The van der Waals surface area contributed by atoms with Gasteiger partial charge in [-0.15, -0.1) is 0 Å². The van der Waals surface area contributed by atoms with E-state index in [0.717, 1.165) is 18.2 Å². The molecule has 0 radical (unpaired) electrons. The number of hydrogen-bond donors (Lipinski definition) is 2. The van der Waals surface area contributed by atoms with Gasteiger partial charge >= 0.3 is 24.6 Å². The van der Waals surface area contributed by atoms with Crippen LogP contribution in [0.3, 0.4) is 0 Å². The van der Waals surface area contributed by atoms with Crippen molar-refractivity contribution in [1.82, 2.24) is 0 Å². The van der Waals surface area contributed by atoms with Crippen LogP contribution in [-0.2, 0) is 5.67 Å². The van der Waals surface area contributed by atoms with Crippen LogP contribution < -0.4 is 15.4 Å². The Kier molecular flexibility index (Phi) is 9.32. The highest BCUT2D eigenvalue weighted by atomic mass is 79.9. The molecule has 2 N–H and O–H groups in total. The summed E-state index contributed by atoms with van der Waals surface area (Å²) in [6.07, 6.45) is -13.2. The predicted octanol–water partition coefficient (Wildman–Crippen LogP) is 8.75. The molecule has 0 heterocycles. The first-order valence-corrected chi connectivity index (χ1v) is 12.2. The largest absolute Gasteiger partial charge is 0.435 e. The number of hydrogen-bond acceptors (Lipinski definition) is 3. The summed E-state index contributed by atoms with van der Waals surface area (Å²) in [4.78, 5) is 25.2. The average molecular weight is 726 g/mol. The molecule has 0 aliphatic heterocycles. The van der Waals surface area contributed by atoms with Crippen LogP contribution in [0.25, 0.3) is 0 Å². The molecular formula is C24H12Br2F10N2O3. The topological polar surface area (TPSA) is 67.4 Å². The number of nitrogens with one attached hydrogen (secondary N) is 2. The van der Waals surface area contributed by atoms with Crippen LogP contribution >= 0.6 is 31.9 Å². The maximum Gasteiger partial charge on any atom is 0.435 e. The fraction of sp³-hybridized carbons (Fsp3) is 0.167. The number of carbonyl (C=O) groups excluding carboxylic acids is 2. The van der Waals surface area contributed by atoms with Crippen molar-refractivity contribution >= 4 is 55.0 Å². The number of rotatable bonds is 7. The highest BCUT2D eigenvalue weighted by Gasteiger charge is 2.73. The molecule has 0 aliphatic carbocycles. The van der Waals surface area contributed by atoms with Crippen LogP contribution in [0.1, 0.15) is 26.3 Å². The first kappa shape index (κ1) is 32.2. The zero-order valence-corrected chi connectivity index (χ0v) is 22.7. The van der Waals surface area contributed by atoms with Gasteiger partial charge in [-0.1, -0.05) is 22.0 Å². The van der Waals surface area contributed by atoms with E-state index >= 15 is 4.39 Å². The van der Waals surface area contributed by atoms with E-state index in [1.807, 2.05) is 5.32 Å². The first-order valence-electron chi connectivity index (χ1n) is 10.6. The van der Waals surface area contributed by atoms with E-state index in [1.165, 1.54) is 24.3 Å². The standard InChI is InChI=1S/C24H12Br2F10N2O3/c25-12-6-4-10(5-7-12)19(39)37-15-3-1-2-13(17(15)27)20(40)38-18-14(26)8-11(9-16(18)41-21(28)29)22(30,23(31,32)33)24(34,35)36/h1-9,21H,(H,37,39)(H,38,40). The highest BCUT2D eigenvalue weighted by molar-refractivity contribution is 9.10. The summed E-state index contributed by atoms with van der Waals surface area (Å²) in [5.74, 6) is -5.08. The van der Waals surface area contributed by atoms with Crippen LogP contribution in [0.15, 0.2) is 63.5 Å². The third-order valence-electron chi connectivity index (χ3n) is 5.29. The molecule has 0 fully saturated rings. The number of ether oxygens (including phenoxy) is 1. The summed E-state index contributed by atoms with van der Waals surface area (Å²) in [5.41, 5.74) is -10.4. The van der Waals surface area contributed by atoms with Gasteiger partial charge in [-0.25, -0.2) is 8.78 Å². The molecule has 0 aromatic heterocycles. The minimum Gasteiger partial charge on any atom is -0.433 e. The van der Waals surface area contributed by atoms with Gasteiger partial charge in [-0.3, -0.25) is 9.59 Å². The van der Waals surface area contributed by atoms with Gasteiger partial charge in [-0.2, -0.15) is 35.1 Å². The molecule has 0 unspecified atom stereocenters. The Hall–Kier alpha value is -3.34. The fourth-order valence-corrected chi connectivity index (χ4v) is 4.16. The van der Waals surface area contributed by atoms with Crippen LogP contribution in [-0.4, -0.2) is 30.8 Å². The molecule has 2 amide bonds. The second kappa shape index (κ2) is 11.9. The van der Waals surface area contributed by atoms with Crippen LogP contribution in [0, 0.1) is 5.82 Å². The third kappa shape index (κ3) is 6.77. The second-order valence-electron chi connectivity index (χ2n) is 7.95. The van der Waals surface area contributed by atoms with Crippen molar-refractivity contribution < 1.29 is 58.2 Å². The number of benzene rings is 3. The van der Waals surface area contributed by atoms with Crippen molar-refractivity contribution in [3.8, 4) is 5.75 Å². The van der Waals surface area contributed by atoms with Gasteiger partial charge in [0, 0.05) is 20.1 Å². The van der Waals surface area contributed by atoms with Crippen LogP contribution in [0.2, 0.25) is 0 Å². The molecule has 0 aliphatic rings. The Morgan fingerprint density at radius 2 is 1.39 bits per heavy atom. The van der Waals surface area contributed by atoms with E-state index in [-0.39, 0.29) is 17.7 Å². The Morgan fingerprint density at radius 1 is 0.805 bits per heavy atom. The summed E-state index contributed by atoms with van der Waals surface area (Å²) in [7, 11) is 0. The Labute approximate surface area is 240 Å². The molecular weight excluding hydrogens is 714 g/mol. The van der Waals surface area contributed by atoms with Gasteiger partial charge in [0.2, 0.25) is 0 Å². The van der Waals surface area contributed by atoms with E-state index < -0.39 is 75.0 Å². The minimum absolute atomic E-state index is 0.0554. The molecule has 220 valence electrons. The average Bonchev–Trinajstić information content (AvgIpc) is 2.85. The number of anilines is 2. The number of halogens is 12. The molecule has 3 aromatic carbocycles. The third-order valence-corrected chi connectivity index (χ3v) is 6.44. The lowest BCUT2D eigenvalue weighted by Crippen LogP contribution is -2.50. The number of amides is 2. The molecule has 0 atom stereocenters. The zero-order chi connectivity index (χ0) is 30.9. The number of carbonyl (C=O) groups is 2. The molecule has 3 rings (SSSR count). The van der Waals surface area contributed by atoms with E-state index in [4.69, 9.17) is 0 Å². The Bertz CT molecular complexity index is 1450. The lowest BCUT2D eigenvalue weighted by atomic mass is 9.93. The van der Waals surface area contributed by atoms with Gasteiger partial charge in [0.05, 0.1) is 16.9 Å². The minimum atomic E-state index is -6.58. The summed E-state index contributed by atoms with van der Waals surface area (Å²) in [6, 6.07) is 8.49. The quantitative estimate of drug-likeness (QED) is 0.240. The van der Waals surface area contributed by atoms with Crippen molar-refractivity contribution in [3.05, 3.63) is 86.1 Å². The van der Waals surface area contributed by atoms with Gasteiger partial charge in [0.25, 0.3) is 11.8 Å². The van der Waals surface area contributed by atoms with Crippen molar-refractivity contribution in [3.63, 3.8) is 0 Å². The van der Waals surface area contributed by atoms with Crippen molar-refractivity contribution in [1.29, 1.82) is 0 Å². The molecule has 3 aromatic rings. The monoisotopic (exact) mass is 724 g/mol. The molecule has 0 saturated heterocycles. The van der Waals surface area contributed by atoms with E-state index in [9.17, 15) is 49.1 Å². The Balaban J connectivity index is 2.01.